The molecule has 0 radical (unpaired) electrons. The summed E-state index contributed by atoms with van der Waals surface area (Å²) in [5.41, 5.74) is 9.40. The molecule has 33 heavy (non-hydrogen) atoms. The van der Waals surface area contributed by atoms with Gasteiger partial charge in [-0.25, -0.2) is 0 Å². The second-order valence-electron chi connectivity index (χ2n) is 7.28. The first kappa shape index (κ1) is 23.9. The molecule has 0 fully saturated rings. The number of rotatable bonds is 4. The Morgan fingerprint density at radius 1 is 0.939 bits per heavy atom. The minimum Gasteiger partial charge on any atom is -0.399 e. The van der Waals surface area contributed by atoms with Crippen molar-refractivity contribution in [2.75, 3.05) is 5.73 Å². The van der Waals surface area contributed by atoms with E-state index in [1.165, 1.54) is 6.07 Å². The molecule has 2 nitrogen and oxygen atoms in total. The minimum atomic E-state index is -4.44. The summed E-state index contributed by atoms with van der Waals surface area (Å²) in [7, 11) is 0. The van der Waals surface area contributed by atoms with Crippen LogP contribution < -0.4 is 5.73 Å². The maximum Gasteiger partial charge on any atom is 0.417 e. The first-order chi connectivity index (χ1) is 15.8. The average molecular weight is 449 g/mol. The van der Waals surface area contributed by atoms with E-state index in [1.54, 1.807) is 34.9 Å². The quantitative estimate of drug-likeness (QED) is 0.311. The van der Waals surface area contributed by atoms with Crippen molar-refractivity contribution in [1.29, 1.82) is 0 Å². The molecule has 0 spiro atoms. The fourth-order valence-corrected chi connectivity index (χ4v) is 3.75. The lowest BCUT2D eigenvalue weighted by molar-refractivity contribution is -0.137. The fourth-order valence-electron chi connectivity index (χ4n) is 3.75. The summed E-state index contributed by atoms with van der Waals surface area (Å²) in [6.45, 7) is 9.81. The number of nitrogen functional groups attached to an aromatic ring is 1. The van der Waals surface area contributed by atoms with Crippen LogP contribution >= 0.6 is 0 Å². The molecule has 0 aliphatic rings. The maximum atomic E-state index is 13.5. The van der Waals surface area contributed by atoms with Crippen LogP contribution in [0.2, 0.25) is 0 Å². The molecule has 0 amide bonds. The minimum absolute atomic E-state index is 0.458. The molecule has 0 bridgehead atoms. The molecule has 0 aliphatic carbocycles. The van der Waals surface area contributed by atoms with E-state index in [4.69, 9.17) is 5.73 Å². The van der Waals surface area contributed by atoms with Gasteiger partial charge in [0.2, 0.25) is 0 Å². The van der Waals surface area contributed by atoms with Gasteiger partial charge in [0, 0.05) is 17.6 Å². The number of alkyl halides is 3. The van der Waals surface area contributed by atoms with E-state index < -0.39 is 11.7 Å². The number of aromatic nitrogens is 1. The van der Waals surface area contributed by atoms with Crippen LogP contribution in [-0.4, -0.2) is 4.57 Å². The average Bonchev–Trinajstić information content (AvgIpc) is 3.27. The Hall–Kier alpha value is -3.73. The Kier molecular flexibility index (Phi) is 7.12. The summed E-state index contributed by atoms with van der Waals surface area (Å²) in [4.78, 5) is 0. The fraction of sp³-hybridized carbons (Fsp3) is 0.143. The van der Waals surface area contributed by atoms with Gasteiger partial charge in [0.05, 0.1) is 11.3 Å². The Morgan fingerprint density at radius 2 is 1.64 bits per heavy atom. The number of hydrogen-bond acceptors (Lipinski definition) is 1. The van der Waals surface area contributed by atoms with Crippen molar-refractivity contribution >= 4 is 28.6 Å². The van der Waals surface area contributed by atoms with Crippen molar-refractivity contribution in [2.24, 2.45) is 0 Å². The maximum absolute atomic E-state index is 13.5. The smallest absolute Gasteiger partial charge is 0.399 e. The molecule has 0 unspecified atom stereocenters. The van der Waals surface area contributed by atoms with Gasteiger partial charge >= 0.3 is 6.18 Å². The second kappa shape index (κ2) is 9.82. The first-order valence-corrected chi connectivity index (χ1v) is 10.8. The van der Waals surface area contributed by atoms with Gasteiger partial charge in [-0.1, -0.05) is 62.9 Å². The van der Waals surface area contributed by atoms with E-state index in [-0.39, 0.29) is 0 Å². The molecule has 5 heteroatoms. The standard InChI is InChI=1S/C26H21F3N2.C2H6/c1-3-5-23-17(4-2)6-7-18-14-19(8-13-24(18)23)25-15-20(26(27,28)29)16-31(25)22-11-9-21(30)10-12-22;1-2/h3-16H,2,30H2,1H3;1-2H3/b5-3-;. The highest BCUT2D eigenvalue weighted by molar-refractivity contribution is 5.96. The van der Waals surface area contributed by atoms with Gasteiger partial charge in [-0.15, -0.1) is 0 Å². The Balaban J connectivity index is 0.00000149. The van der Waals surface area contributed by atoms with E-state index in [0.717, 1.165) is 28.1 Å². The van der Waals surface area contributed by atoms with Crippen molar-refractivity contribution in [2.45, 2.75) is 26.9 Å². The summed E-state index contributed by atoms with van der Waals surface area (Å²) < 4.78 is 42.1. The van der Waals surface area contributed by atoms with E-state index in [9.17, 15) is 13.2 Å². The largest absolute Gasteiger partial charge is 0.417 e. The normalized spacial score (nSPS) is 11.5. The van der Waals surface area contributed by atoms with Crippen molar-refractivity contribution in [3.8, 4) is 16.9 Å². The topological polar surface area (TPSA) is 30.9 Å². The predicted molar refractivity (Wildman–Crippen MR) is 134 cm³/mol. The highest BCUT2D eigenvalue weighted by Crippen LogP contribution is 2.37. The molecule has 4 aromatic rings. The van der Waals surface area contributed by atoms with Gasteiger partial charge in [0.25, 0.3) is 0 Å². The highest BCUT2D eigenvalue weighted by atomic mass is 19.4. The van der Waals surface area contributed by atoms with Crippen LogP contribution in [0.1, 0.15) is 37.5 Å². The van der Waals surface area contributed by atoms with Crippen LogP contribution in [0.5, 0.6) is 0 Å². The summed E-state index contributed by atoms with van der Waals surface area (Å²) >= 11 is 0. The summed E-state index contributed by atoms with van der Waals surface area (Å²) in [6, 6.07) is 17.6. The molecule has 0 saturated carbocycles. The van der Waals surface area contributed by atoms with Crippen LogP contribution in [0, 0.1) is 0 Å². The third kappa shape index (κ3) is 4.87. The molecule has 0 saturated heterocycles. The molecular formula is C28H27F3N2. The number of nitrogens with zero attached hydrogens (tertiary/aromatic N) is 1. The Labute approximate surface area is 192 Å². The first-order valence-electron chi connectivity index (χ1n) is 10.8. The van der Waals surface area contributed by atoms with Gasteiger partial charge < -0.3 is 10.3 Å². The molecule has 0 atom stereocenters. The predicted octanol–water partition coefficient (Wildman–Crippen LogP) is 8.60. The lowest BCUT2D eigenvalue weighted by Gasteiger charge is -2.12. The molecule has 1 heterocycles. The molecule has 1 aromatic heterocycles. The lowest BCUT2D eigenvalue weighted by Crippen LogP contribution is -2.03. The van der Waals surface area contributed by atoms with Crippen molar-refractivity contribution < 1.29 is 13.2 Å². The molecule has 4 rings (SSSR count). The van der Waals surface area contributed by atoms with E-state index in [0.29, 0.717) is 22.6 Å². The summed E-state index contributed by atoms with van der Waals surface area (Å²) in [5.74, 6) is 0. The third-order valence-corrected chi connectivity index (χ3v) is 5.26. The molecule has 0 aliphatic heterocycles. The number of allylic oxidation sites excluding steroid dienone is 1. The van der Waals surface area contributed by atoms with Crippen LogP contribution in [-0.2, 0) is 6.18 Å². The van der Waals surface area contributed by atoms with Crippen LogP contribution in [0.25, 0.3) is 39.9 Å². The van der Waals surface area contributed by atoms with Gasteiger partial charge in [0.15, 0.2) is 0 Å². The number of halogens is 3. The SMILES string of the molecule is C=Cc1ccc2cc(-c3cc(C(F)(F)F)cn3-c3ccc(N)cc3)ccc2c1/C=C\C.CC. The number of nitrogens with two attached hydrogens (primary N) is 1. The van der Waals surface area contributed by atoms with Crippen molar-refractivity contribution in [3.63, 3.8) is 0 Å². The van der Waals surface area contributed by atoms with Gasteiger partial charge in [-0.2, -0.15) is 13.2 Å². The summed E-state index contributed by atoms with van der Waals surface area (Å²) in [6.07, 6.45) is 2.44. The van der Waals surface area contributed by atoms with Crippen molar-refractivity contribution in [1.82, 2.24) is 4.57 Å². The summed E-state index contributed by atoms with van der Waals surface area (Å²) in [5, 5.41) is 1.95. The van der Waals surface area contributed by atoms with E-state index in [1.807, 2.05) is 63.3 Å². The number of anilines is 1. The zero-order valence-corrected chi connectivity index (χ0v) is 18.9. The van der Waals surface area contributed by atoms with E-state index in [2.05, 4.69) is 6.58 Å². The van der Waals surface area contributed by atoms with Crippen LogP contribution in [0.4, 0.5) is 18.9 Å². The van der Waals surface area contributed by atoms with Crippen LogP contribution in [0.15, 0.2) is 79.5 Å². The lowest BCUT2D eigenvalue weighted by atomic mass is 9.96. The Morgan fingerprint density at radius 3 is 2.24 bits per heavy atom. The Bertz CT molecular complexity index is 1290. The molecule has 2 N–H and O–H groups in total. The molecule has 3 aromatic carbocycles. The van der Waals surface area contributed by atoms with Gasteiger partial charge in [-0.05, 0) is 70.8 Å². The van der Waals surface area contributed by atoms with Gasteiger partial charge in [-0.3, -0.25) is 0 Å². The van der Waals surface area contributed by atoms with Gasteiger partial charge in [0.1, 0.15) is 0 Å². The number of hydrogen-bond donors (Lipinski definition) is 1. The van der Waals surface area contributed by atoms with E-state index >= 15 is 0 Å². The second-order valence-corrected chi connectivity index (χ2v) is 7.28. The number of benzene rings is 3. The monoisotopic (exact) mass is 448 g/mol. The van der Waals surface area contributed by atoms with Crippen molar-refractivity contribution in [3.05, 3.63) is 96.2 Å². The van der Waals surface area contributed by atoms with Crippen LogP contribution in [0.3, 0.4) is 0 Å². The zero-order valence-electron chi connectivity index (χ0n) is 18.9. The molecular weight excluding hydrogens is 421 g/mol. The zero-order chi connectivity index (χ0) is 24.2. The highest BCUT2D eigenvalue weighted by Gasteiger charge is 2.33. The third-order valence-electron chi connectivity index (χ3n) is 5.26. The number of fused-ring (bicyclic) bond motifs is 1. The molecule has 170 valence electrons.